The van der Waals surface area contributed by atoms with E-state index in [4.69, 9.17) is 27.9 Å². The quantitative estimate of drug-likeness (QED) is 0.426. The van der Waals surface area contributed by atoms with Gasteiger partial charge in [0.25, 0.3) is 5.91 Å². The number of nitriles is 1. The van der Waals surface area contributed by atoms with E-state index in [-0.39, 0.29) is 5.57 Å². The number of halogens is 2. The number of amides is 1. The van der Waals surface area contributed by atoms with E-state index in [0.717, 1.165) is 5.56 Å². The van der Waals surface area contributed by atoms with Gasteiger partial charge in [-0.25, -0.2) is 4.68 Å². The Bertz CT molecular complexity index is 1140. The van der Waals surface area contributed by atoms with Gasteiger partial charge >= 0.3 is 0 Å². The van der Waals surface area contributed by atoms with Crippen molar-refractivity contribution >= 4 is 40.9 Å². The van der Waals surface area contributed by atoms with Gasteiger partial charge in [0, 0.05) is 22.3 Å². The SMILES string of the molecule is COc1cccc(NC(=O)/C(C#N)=C/c2c(C)nn(Cc3ccc(Cl)cc3)c2Cl)c1. The molecule has 1 aromatic heterocycles. The molecule has 0 spiro atoms. The number of rotatable bonds is 6. The second-order valence-electron chi connectivity index (χ2n) is 6.43. The molecule has 1 heterocycles. The second kappa shape index (κ2) is 9.49. The van der Waals surface area contributed by atoms with Crippen molar-refractivity contribution < 1.29 is 9.53 Å². The van der Waals surface area contributed by atoms with E-state index in [9.17, 15) is 10.1 Å². The van der Waals surface area contributed by atoms with Gasteiger partial charge in [0.1, 0.15) is 22.5 Å². The monoisotopic (exact) mass is 440 g/mol. The highest BCUT2D eigenvalue weighted by molar-refractivity contribution is 6.31. The highest BCUT2D eigenvalue weighted by Crippen LogP contribution is 2.25. The molecule has 0 saturated heterocycles. The Labute approximate surface area is 184 Å². The zero-order valence-corrected chi connectivity index (χ0v) is 17.8. The molecule has 8 heteroatoms. The predicted octanol–water partition coefficient (Wildman–Crippen LogP) is 5.10. The van der Waals surface area contributed by atoms with Crippen molar-refractivity contribution in [3.8, 4) is 11.8 Å². The fourth-order valence-electron chi connectivity index (χ4n) is 2.79. The van der Waals surface area contributed by atoms with Crippen LogP contribution in [0.15, 0.2) is 54.1 Å². The Morgan fingerprint density at radius 1 is 1.27 bits per heavy atom. The van der Waals surface area contributed by atoms with E-state index in [2.05, 4.69) is 10.4 Å². The number of methoxy groups -OCH3 is 1. The maximum absolute atomic E-state index is 12.6. The minimum absolute atomic E-state index is 0.0890. The van der Waals surface area contributed by atoms with Crippen molar-refractivity contribution in [2.75, 3.05) is 12.4 Å². The Hall–Kier alpha value is -3.27. The summed E-state index contributed by atoms with van der Waals surface area (Å²) in [4.78, 5) is 12.6. The van der Waals surface area contributed by atoms with Crippen molar-refractivity contribution in [1.82, 2.24) is 9.78 Å². The number of hydrogen-bond donors (Lipinski definition) is 1. The first-order valence-corrected chi connectivity index (χ1v) is 9.71. The smallest absolute Gasteiger partial charge is 0.266 e. The van der Waals surface area contributed by atoms with E-state index in [1.165, 1.54) is 13.2 Å². The second-order valence-corrected chi connectivity index (χ2v) is 7.22. The molecule has 0 fully saturated rings. The fourth-order valence-corrected chi connectivity index (χ4v) is 3.21. The molecule has 30 heavy (non-hydrogen) atoms. The number of nitrogens with one attached hydrogen (secondary N) is 1. The van der Waals surface area contributed by atoms with Crippen LogP contribution >= 0.6 is 23.2 Å². The lowest BCUT2D eigenvalue weighted by atomic mass is 10.1. The summed E-state index contributed by atoms with van der Waals surface area (Å²) in [5.74, 6) is 0.0457. The maximum Gasteiger partial charge on any atom is 0.266 e. The number of ether oxygens (including phenoxy) is 1. The zero-order chi connectivity index (χ0) is 21.7. The summed E-state index contributed by atoms with van der Waals surface area (Å²) in [6, 6.07) is 16.1. The number of carbonyl (C=O) groups is 1. The van der Waals surface area contributed by atoms with Gasteiger partial charge in [0.15, 0.2) is 0 Å². The minimum Gasteiger partial charge on any atom is -0.497 e. The van der Waals surface area contributed by atoms with Gasteiger partial charge in [-0.1, -0.05) is 41.4 Å². The Balaban J connectivity index is 1.84. The van der Waals surface area contributed by atoms with Gasteiger partial charge in [-0.2, -0.15) is 10.4 Å². The van der Waals surface area contributed by atoms with E-state index in [1.54, 1.807) is 48.0 Å². The molecule has 1 amide bonds. The summed E-state index contributed by atoms with van der Waals surface area (Å²) in [7, 11) is 1.54. The highest BCUT2D eigenvalue weighted by Gasteiger charge is 2.16. The first-order chi connectivity index (χ1) is 14.4. The molecule has 0 bridgehead atoms. The topological polar surface area (TPSA) is 79.9 Å². The van der Waals surface area contributed by atoms with Crippen molar-refractivity contribution in [3.05, 3.63) is 81.1 Å². The highest BCUT2D eigenvalue weighted by atomic mass is 35.5. The molecule has 0 aliphatic heterocycles. The average Bonchev–Trinajstić information content (AvgIpc) is 3.00. The van der Waals surface area contributed by atoms with Crippen molar-refractivity contribution in [2.24, 2.45) is 0 Å². The summed E-state index contributed by atoms with van der Waals surface area (Å²) in [5, 5.41) is 17.6. The van der Waals surface area contributed by atoms with Crippen LogP contribution < -0.4 is 10.1 Å². The van der Waals surface area contributed by atoms with Crippen molar-refractivity contribution in [1.29, 1.82) is 5.26 Å². The maximum atomic E-state index is 12.6. The Morgan fingerprint density at radius 3 is 2.67 bits per heavy atom. The molecule has 0 atom stereocenters. The number of hydrogen-bond acceptors (Lipinski definition) is 4. The lowest BCUT2D eigenvalue weighted by molar-refractivity contribution is -0.112. The number of benzene rings is 2. The van der Waals surface area contributed by atoms with Gasteiger partial charge in [0.05, 0.1) is 19.3 Å². The third-order valence-corrected chi connectivity index (χ3v) is 4.99. The Morgan fingerprint density at radius 2 is 2.00 bits per heavy atom. The molecule has 1 N–H and O–H groups in total. The molecule has 0 unspecified atom stereocenters. The molecule has 3 rings (SSSR count). The van der Waals surface area contributed by atoms with Crippen LogP contribution in [0.3, 0.4) is 0 Å². The predicted molar refractivity (Wildman–Crippen MR) is 118 cm³/mol. The van der Waals surface area contributed by atoms with Gasteiger partial charge in [0.2, 0.25) is 0 Å². The van der Waals surface area contributed by atoms with Crippen LogP contribution in [0.1, 0.15) is 16.8 Å². The number of aromatic nitrogens is 2. The van der Waals surface area contributed by atoms with Crippen LogP contribution in [0.5, 0.6) is 5.75 Å². The molecule has 0 radical (unpaired) electrons. The average molecular weight is 441 g/mol. The summed E-state index contributed by atoms with van der Waals surface area (Å²) in [6.07, 6.45) is 1.44. The molecule has 2 aromatic carbocycles. The lowest BCUT2D eigenvalue weighted by Crippen LogP contribution is -2.13. The first kappa shape index (κ1) is 21.4. The minimum atomic E-state index is -0.549. The summed E-state index contributed by atoms with van der Waals surface area (Å²) in [6.45, 7) is 2.20. The summed E-state index contributed by atoms with van der Waals surface area (Å²) in [5.41, 5.74) is 2.52. The van der Waals surface area contributed by atoms with E-state index in [1.807, 2.05) is 18.2 Å². The lowest BCUT2D eigenvalue weighted by Gasteiger charge is -2.06. The van der Waals surface area contributed by atoms with Gasteiger partial charge in [-0.05, 0) is 42.8 Å². The van der Waals surface area contributed by atoms with E-state index < -0.39 is 5.91 Å². The van der Waals surface area contributed by atoms with Crippen molar-refractivity contribution in [3.63, 3.8) is 0 Å². The molecule has 0 aliphatic rings. The largest absolute Gasteiger partial charge is 0.497 e. The van der Waals surface area contributed by atoms with Crippen LogP contribution in [-0.2, 0) is 11.3 Å². The van der Waals surface area contributed by atoms with Crippen LogP contribution in [0, 0.1) is 18.3 Å². The fraction of sp³-hybridized carbons (Fsp3) is 0.136. The van der Waals surface area contributed by atoms with Crippen molar-refractivity contribution in [2.45, 2.75) is 13.5 Å². The van der Waals surface area contributed by atoms with Gasteiger partial charge in [-0.15, -0.1) is 0 Å². The molecule has 3 aromatic rings. The molecule has 0 aliphatic carbocycles. The zero-order valence-electron chi connectivity index (χ0n) is 16.3. The summed E-state index contributed by atoms with van der Waals surface area (Å²) < 4.78 is 6.75. The number of carbonyl (C=O) groups excluding carboxylic acids is 1. The standard InChI is InChI=1S/C22H18Cl2N4O2/c1-14-20(21(24)28(27-14)13-15-6-8-17(23)9-7-15)10-16(12-25)22(29)26-18-4-3-5-19(11-18)30-2/h3-11H,13H2,1-2H3,(H,26,29)/b16-10+. The number of nitrogens with zero attached hydrogens (tertiary/aromatic N) is 3. The van der Waals surface area contributed by atoms with Crippen LogP contribution in [0.2, 0.25) is 10.2 Å². The van der Waals surface area contributed by atoms with Crippen LogP contribution in [0.4, 0.5) is 5.69 Å². The molecular weight excluding hydrogens is 423 g/mol. The number of anilines is 1. The van der Waals surface area contributed by atoms with Gasteiger partial charge < -0.3 is 10.1 Å². The Kier molecular flexibility index (Phi) is 6.78. The number of aryl methyl sites for hydroxylation is 1. The van der Waals surface area contributed by atoms with E-state index >= 15 is 0 Å². The molecule has 6 nitrogen and oxygen atoms in total. The normalized spacial score (nSPS) is 11.1. The van der Waals surface area contributed by atoms with Gasteiger partial charge in [-0.3, -0.25) is 4.79 Å². The van der Waals surface area contributed by atoms with Crippen LogP contribution in [-0.4, -0.2) is 22.8 Å². The first-order valence-electron chi connectivity index (χ1n) is 8.96. The summed E-state index contributed by atoms with van der Waals surface area (Å²) >= 11 is 12.4. The molecular formula is C22H18Cl2N4O2. The van der Waals surface area contributed by atoms with E-state index in [0.29, 0.717) is 39.4 Å². The third kappa shape index (κ3) is 5.01. The third-order valence-electron chi connectivity index (χ3n) is 4.34. The molecule has 0 saturated carbocycles. The molecule has 152 valence electrons. The van der Waals surface area contributed by atoms with Crippen LogP contribution in [0.25, 0.3) is 6.08 Å².